The maximum atomic E-state index is 9.24. The molecule has 0 fully saturated rings. The highest BCUT2D eigenvalue weighted by molar-refractivity contribution is 6.31. The molecule has 0 atom stereocenters. The number of benzene rings is 1. The van der Waals surface area contributed by atoms with E-state index in [-0.39, 0.29) is 12.1 Å². The van der Waals surface area contributed by atoms with Gasteiger partial charge in [0.1, 0.15) is 0 Å². The van der Waals surface area contributed by atoms with Gasteiger partial charge in [-0.25, -0.2) is 0 Å². The average Bonchev–Trinajstić information content (AvgIpc) is 2.43. The minimum absolute atomic E-state index is 0.0550. The Bertz CT molecular complexity index is 435. The van der Waals surface area contributed by atoms with E-state index >= 15 is 0 Å². The Balaban J connectivity index is 2.87. The van der Waals surface area contributed by atoms with Gasteiger partial charge in [0.05, 0.1) is 20.3 Å². The van der Waals surface area contributed by atoms with Crippen LogP contribution in [0.25, 0.3) is 0 Å². The van der Waals surface area contributed by atoms with Crippen molar-refractivity contribution in [2.24, 2.45) is 0 Å². The zero-order valence-electron chi connectivity index (χ0n) is 12.6. The summed E-state index contributed by atoms with van der Waals surface area (Å²) in [6, 6.07) is 3.65. The smallest absolute Gasteiger partial charge is 0.162 e. The van der Waals surface area contributed by atoms with Crippen LogP contribution >= 0.6 is 11.6 Å². The van der Waals surface area contributed by atoms with E-state index in [9.17, 15) is 5.11 Å². The SMILES string of the molecule is CCCOc1cc(Cl)c(CNC(C)(C)CO)cc1OC. The largest absolute Gasteiger partial charge is 0.493 e. The Morgan fingerprint density at radius 3 is 2.55 bits per heavy atom. The highest BCUT2D eigenvalue weighted by Gasteiger charge is 2.17. The summed E-state index contributed by atoms with van der Waals surface area (Å²) in [4.78, 5) is 0. The quantitative estimate of drug-likeness (QED) is 0.775. The van der Waals surface area contributed by atoms with Gasteiger partial charge in [-0.2, -0.15) is 0 Å². The molecule has 4 nitrogen and oxygen atoms in total. The summed E-state index contributed by atoms with van der Waals surface area (Å²) >= 11 is 6.27. The number of nitrogens with one attached hydrogen (secondary N) is 1. The number of methoxy groups -OCH3 is 1. The normalized spacial score (nSPS) is 11.5. The van der Waals surface area contributed by atoms with Crippen molar-refractivity contribution >= 4 is 11.6 Å². The number of rotatable bonds is 8. The second kappa shape index (κ2) is 7.72. The summed E-state index contributed by atoms with van der Waals surface area (Å²) in [5, 5.41) is 13.1. The summed E-state index contributed by atoms with van der Waals surface area (Å²) in [7, 11) is 1.61. The van der Waals surface area contributed by atoms with Crippen molar-refractivity contribution in [2.45, 2.75) is 39.3 Å². The first-order valence-corrected chi connectivity index (χ1v) is 7.16. The van der Waals surface area contributed by atoms with Crippen molar-refractivity contribution in [3.8, 4) is 11.5 Å². The topological polar surface area (TPSA) is 50.7 Å². The molecule has 0 aliphatic carbocycles. The van der Waals surface area contributed by atoms with Gasteiger partial charge >= 0.3 is 0 Å². The Labute approximate surface area is 126 Å². The van der Waals surface area contributed by atoms with Crippen LogP contribution in [0, 0.1) is 0 Å². The lowest BCUT2D eigenvalue weighted by Crippen LogP contribution is -2.42. The fraction of sp³-hybridized carbons (Fsp3) is 0.600. The molecule has 0 unspecified atom stereocenters. The first-order chi connectivity index (χ1) is 9.43. The molecular weight excluding hydrogens is 278 g/mol. The monoisotopic (exact) mass is 301 g/mol. The molecule has 114 valence electrons. The molecule has 1 aromatic carbocycles. The van der Waals surface area contributed by atoms with Crippen LogP contribution in [0.2, 0.25) is 5.02 Å². The molecule has 0 heterocycles. The van der Waals surface area contributed by atoms with Crippen molar-refractivity contribution in [1.29, 1.82) is 0 Å². The summed E-state index contributed by atoms with van der Waals surface area (Å²) < 4.78 is 10.9. The number of aliphatic hydroxyl groups excluding tert-OH is 1. The Morgan fingerprint density at radius 1 is 1.30 bits per heavy atom. The maximum Gasteiger partial charge on any atom is 0.162 e. The second-order valence-corrected chi connectivity index (χ2v) is 5.75. The van der Waals surface area contributed by atoms with Gasteiger partial charge in [-0.05, 0) is 31.9 Å². The zero-order chi connectivity index (χ0) is 15.2. The third-order valence-electron chi connectivity index (χ3n) is 2.95. The van der Waals surface area contributed by atoms with Gasteiger partial charge in [-0.3, -0.25) is 0 Å². The van der Waals surface area contributed by atoms with Gasteiger partial charge in [-0.1, -0.05) is 18.5 Å². The molecule has 0 aromatic heterocycles. The Kier molecular flexibility index (Phi) is 6.59. The van der Waals surface area contributed by atoms with E-state index in [1.807, 2.05) is 26.8 Å². The average molecular weight is 302 g/mol. The van der Waals surface area contributed by atoms with E-state index < -0.39 is 0 Å². The first-order valence-electron chi connectivity index (χ1n) is 6.78. The summed E-state index contributed by atoms with van der Waals surface area (Å²) in [5.41, 5.74) is 0.558. The van der Waals surface area contributed by atoms with Gasteiger partial charge in [0, 0.05) is 23.2 Å². The molecule has 1 aromatic rings. The fourth-order valence-corrected chi connectivity index (χ4v) is 1.81. The van der Waals surface area contributed by atoms with Crippen molar-refractivity contribution in [1.82, 2.24) is 5.32 Å². The lowest BCUT2D eigenvalue weighted by atomic mass is 10.1. The molecule has 2 N–H and O–H groups in total. The van der Waals surface area contributed by atoms with Gasteiger partial charge in [0.25, 0.3) is 0 Å². The Morgan fingerprint density at radius 2 is 2.00 bits per heavy atom. The molecular formula is C15H24ClNO3. The van der Waals surface area contributed by atoms with E-state index in [0.717, 1.165) is 12.0 Å². The predicted molar refractivity (Wildman–Crippen MR) is 81.8 cm³/mol. The molecule has 0 aliphatic rings. The number of ether oxygens (including phenoxy) is 2. The molecule has 0 spiro atoms. The van der Waals surface area contributed by atoms with Crippen molar-refractivity contribution < 1.29 is 14.6 Å². The standard InChI is InChI=1S/C15H24ClNO3/c1-5-6-20-14-8-12(16)11(7-13(14)19-4)9-17-15(2,3)10-18/h7-8,17-18H,5-6,9-10H2,1-4H3. The lowest BCUT2D eigenvalue weighted by Gasteiger charge is -2.24. The van der Waals surface area contributed by atoms with Gasteiger partial charge in [0.15, 0.2) is 11.5 Å². The highest BCUT2D eigenvalue weighted by atomic mass is 35.5. The van der Waals surface area contributed by atoms with Crippen LogP contribution in [0.5, 0.6) is 11.5 Å². The highest BCUT2D eigenvalue weighted by Crippen LogP contribution is 2.33. The van der Waals surface area contributed by atoms with Crippen LogP contribution in [-0.2, 0) is 6.54 Å². The predicted octanol–water partition coefficient (Wildman–Crippen LogP) is 3.00. The van der Waals surface area contributed by atoms with E-state index in [4.69, 9.17) is 21.1 Å². The van der Waals surface area contributed by atoms with E-state index in [1.54, 1.807) is 13.2 Å². The molecule has 1 rings (SSSR count). The molecule has 0 amide bonds. The van der Waals surface area contributed by atoms with E-state index in [1.165, 1.54) is 0 Å². The molecule has 0 radical (unpaired) electrons. The van der Waals surface area contributed by atoms with Crippen LogP contribution in [-0.4, -0.2) is 31.0 Å². The van der Waals surface area contributed by atoms with Crippen molar-refractivity contribution in [3.05, 3.63) is 22.7 Å². The van der Waals surface area contributed by atoms with Crippen LogP contribution in [0.3, 0.4) is 0 Å². The molecule has 0 saturated carbocycles. The van der Waals surface area contributed by atoms with Gasteiger partial charge in [-0.15, -0.1) is 0 Å². The minimum Gasteiger partial charge on any atom is -0.493 e. The number of halogens is 1. The molecule has 0 bridgehead atoms. The Hall–Kier alpha value is -0.970. The van der Waals surface area contributed by atoms with Crippen LogP contribution in [0.1, 0.15) is 32.8 Å². The molecule has 20 heavy (non-hydrogen) atoms. The summed E-state index contributed by atoms with van der Waals surface area (Å²) in [6.45, 7) is 7.13. The van der Waals surface area contributed by atoms with Gasteiger partial charge in [0.2, 0.25) is 0 Å². The summed E-state index contributed by atoms with van der Waals surface area (Å²) in [6.07, 6.45) is 0.925. The fourth-order valence-electron chi connectivity index (χ4n) is 1.59. The van der Waals surface area contributed by atoms with E-state index in [2.05, 4.69) is 5.32 Å². The number of aliphatic hydroxyl groups is 1. The minimum atomic E-state index is -0.353. The van der Waals surface area contributed by atoms with E-state index in [0.29, 0.717) is 29.7 Å². The van der Waals surface area contributed by atoms with Crippen molar-refractivity contribution in [2.75, 3.05) is 20.3 Å². The first kappa shape index (κ1) is 17.1. The lowest BCUT2D eigenvalue weighted by molar-refractivity contribution is 0.187. The maximum absolute atomic E-state index is 9.24. The summed E-state index contributed by atoms with van der Waals surface area (Å²) in [5.74, 6) is 1.32. The zero-order valence-corrected chi connectivity index (χ0v) is 13.4. The van der Waals surface area contributed by atoms with Crippen molar-refractivity contribution in [3.63, 3.8) is 0 Å². The van der Waals surface area contributed by atoms with Gasteiger partial charge < -0.3 is 19.9 Å². The van der Waals surface area contributed by atoms with Crippen LogP contribution < -0.4 is 14.8 Å². The number of hydrogen-bond donors (Lipinski definition) is 2. The van der Waals surface area contributed by atoms with Crippen LogP contribution in [0.15, 0.2) is 12.1 Å². The molecule has 0 saturated heterocycles. The van der Waals surface area contributed by atoms with Crippen LogP contribution in [0.4, 0.5) is 0 Å². The molecule has 0 aliphatic heterocycles. The third kappa shape index (κ3) is 4.85. The molecule has 5 heteroatoms. The number of hydrogen-bond acceptors (Lipinski definition) is 4. The second-order valence-electron chi connectivity index (χ2n) is 5.34. The third-order valence-corrected chi connectivity index (χ3v) is 3.30.